The van der Waals surface area contributed by atoms with Crippen LogP contribution in [0, 0.1) is 11.3 Å². The quantitative estimate of drug-likeness (QED) is 0.592. The van der Waals surface area contributed by atoms with E-state index < -0.39 is 0 Å². The molecule has 0 aliphatic carbocycles. The summed E-state index contributed by atoms with van der Waals surface area (Å²) in [5.74, 6) is 0.469. The molecular formula is C25H29Cl2N5O2. The third kappa shape index (κ3) is 4.95. The molecule has 7 nitrogen and oxygen atoms in total. The van der Waals surface area contributed by atoms with Crippen molar-refractivity contribution in [2.75, 3.05) is 36.4 Å². The summed E-state index contributed by atoms with van der Waals surface area (Å²) < 4.78 is 5.99. The van der Waals surface area contributed by atoms with Crippen molar-refractivity contribution in [1.29, 1.82) is 5.26 Å². The van der Waals surface area contributed by atoms with E-state index in [9.17, 15) is 10.1 Å². The summed E-state index contributed by atoms with van der Waals surface area (Å²) in [5, 5.41) is 13.9. The number of nitrogens with one attached hydrogen (secondary N) is 1. The van der Waals surface area contributed by atoms with Gasteiger partial charge >= 0.3 is 6.03 Å². The fourth-order valence-electron chi connectivity index (χ4n) is 4.51. The molecule has 1 saturated heterocycles. The number of carbonyl (C=O) groups excluding carboxylic acids is 1. The van der Waals surface area contributed by atoms with E-state index in [0.29, 0.717) is 60.6 Å². The molecule has 2 aliphatic rings. The predicted octanol–water partition coefficient (Wildman–Crippen LogP) is 5.59. The van der Waals surface area contributed by atoms with Crippen LogP contribution in [0.5, 0.6) is 0 Å². The van der Waals surface area contributed by atoms with Crippen LogP contribution in [0.1, 0.15) is 56.0 Å². The van der Waals surface area contributed by atoms with Gasteiger partial charge in [0.15, 0.2) is 5.82 Å². The minimum atomic E-state index is -0.379. The Bertz CT molecular complexity index is 1150. The number of halogens is 2. The lowest BCUT2D eigenvalue weighted by atomic mass is 9.86. The number of nitriles is 1. The molecule has 2 aromatic rings. The van der Waals surface area contributed by atoms with Gasteiger partial charge in [-0.05, 0) is 43.5 Å². The monoisotopic (exact) mass is 501 g/mol. The lowest BCUT2D eigenvalue weighted by molar-refractivity contribution is -0.0407. The Morgan fingerprint density at radius 2 is 1.88 bits per heavy atom. The summed E-state index contributed by atoms with van der Waals surface area (Å²) in [6, 6.07) is 7.59. The van der Waals surface area contributed by atoms with Crippen LogP contribution in [0.25, 0.3) is 0 Å². The van der Waals surface area contributed by atoms with Gasteiger partial charge in [-0.3, -0.25) is 5.32 Å². The third-order valence-corrected chi connectivity index (χ3v) is 7.11. The van der Waals surface area contributed by atoms with E-state index in [2.05, 4.69) is 30.1 Å². The smallest absolute Gasteiger partial charge is 0.323 e. The Hall–Kier alpha value is -2.53. The van der Waals surface area contributed by atoms with Crippen LogP contribution < -0.4 is 10.2 Å². The number of rotatable bonds is 3. The molecule has 0 bridgehead atoms. The Balaban J connectivity index is 1.52. The maximum absolute atomic E-state index is 13.1. The Morgan fingerprint density at radius 3 is 2.50 bits per heavy atom. The molecular weight excluding hydrogens is 473 g/mol. The standard InChI is InChI=1S/C25H29Cl2N5O2/c1-15(2)22-19-14-34-25(3,4)12-17(19)18(13-28)23(29-22)30-24(33)32-9-7-31(8-10-32)16-5-6-20(26)21(27)11-16/h5-6,11,15H,7-10,12,14H2,1-4H3,(H,29,30,33). The highest BCUT2D eigenvalue weighted by Gasteiger charge is 2.33. The minimum absolute atomic E-state index is 0.136. The van der Waals surface area contributed by atoms with E-state index in [4.69, 9.17) is 32.9 Å². The molecule has 2 amide bonds. The van der Waals surface area contributed by atoms with Gasteiger partial charge in [0.2, 0.25) is 0 Å². The second-order valence-corrected chi connectivity index (χ2v) is 10.5. The van der Waals surface area contributed by atoms with Crippen molar-refractivity contribution in [2.24, 2.45) is 0 Å². The molecule has 9 heteroatoms. The fourth-order valence-corrected chi connectivity index (χ4v) is 4.80. The SMILES string of the molecule is CC(C)c1nc(NC(=O)N2CCN(c3ccc(Cl)c(Cl)c3)CC2)c(C#N)c2c1COC(C)(C)C2. The molecule has 1 aromatic carbocycles. The van der Waals surface area contributed by atoms with Gasteiger partial charge in [-0.15, -0.1) is 0 Å². The summed E-state index contributed by atoms with van der Waals surface area (Å²) in [6.07, 6.45) is 0.596. The third-order valence-electron chi connectivity index (χ3n) is 6.37. The predicted molar refractivity (Wildman–Crippen MR) is 135 cm³/mol. The van der Waals surface area contributed by atoms with Gasteiger partial charge in [-0.25, -0.2) is 9.78 Å². The highest BCUT2D eigenvalue weighted by Crippen LogP contribution is 2.36. The summed E-state index contributed by atoms with van der Waals surface area (Å²) in [4.78, 5) is 21.8. The van der Waals surface area contributed by atoms with Crippen molar-refractivity contribution in [1.82, 2.24) is 9.88 Å². The van der Waals surface area contributed by atoms with E-state index in [1.54, 1.807) is 11.0 Å². The zero-order valence-electron chi connectivity index (χ0n) is 19.9. The molecule has 0 atom stereocenters. The molecule has 34 heavy (non-hydrogen) atoms. The topological polar surface area (TPSA) is 81.5 Å². The van der Waals surface area contributed by atoms with Crippen molar-refractivity contribution >= 4 is 40.7 Å². The van der Waals surface area contributed by atoms with Gasteiger partial charge < -0.3 is 14.5 Å². The van der Waals surface area contributed by atoms with E-state index >= 15 is 0 Å². The van der Waals surface area contributed by atoms with Crippen molar-refractivity contribution in [3.05, 3.63) is 50.6 Å². The molecule has 4 rings (SSSR count). The molecule has 1 aromatic heterocycles. The van der Waals surface area contributed by atoms with Crippen molar-refractivity contribution in [3.63, 3.8) is 0 Å². The maximum Gasteiger partial charge on any atom is 0.323 e. The van der Waals surface area contributed by atoms with Crippen LogP contribution in [-0.4, -0.2) is 47.7 Å². The van der Waals surface area contributed by atoms with E-state index in [1.165, 1.54) is 0 Å². The Morgan fingerprint density at radius 1 is 1.18 bits per heavy atom. The van der Waals surface area contributed by atoms with E-state index in [1.807, 2.05) is 26.0 Å². The minimum Gasteiger partial charge on any atom is -0.370 e. The van der Waals surface area contributed by atoms with Crippen LogP contribution in [0.4, 0.5) is 16.3 Å². The molecule has 0 spiro atoms. The first-order chi connectivity index (χ1) is 16.1. The second kappa shape index (κ2) is 9.61. The number of hydrogen-bond acceptors (Lipinski definition) is 5. The first-order valence-electron chi connectivity index (χ1n) is 11.4. The average Bonchev–Trinajstić information content (AvgIpc) is 2.79. The van der Waals surface area contributed by atoms with Crippen LogP contribution in [0.15, 0.2) is 18.2 Å². The van der Waals surface area contributed by atoms with Gasteiger partial charge in [0.05, 0.1) is 33.5 Å². The second-order valence-electron chi connectivity index (χ2n) is 9.67. The fraction of sp³-hybridized carbons (Fsp3) is 0.480. The highest BCUT2D eigenvalue weighted by molar-refractivity contribution is 6.42. The molecule has 180 valence electrons. The van der Waals surface area contributed by atoms with Crippen molar-refractivity contribution in [2.45, 2.75) is 52.2 Å². The summed E-state index contributed by atoms with van der Waals surface area (Å²) in [6.45, 7) is 11.0. The van der Waals surface area contributed by atoms with Crippen LogP contribution in [0.3, 0.4) is 0 Å². The van der Waals surface area contributed by atoms with Crippen LogP contribution in [0.2, 0.25) is 10.0 Å². The van der Waals surface area contributed by atoms with E-state index in [0.717, 1.165) is 22.5 Å². The zero-order chi connectivity index (χ0) is 24.6. The number of piperazine rings is 1. The summed E-state index contributed by atoms with van der Waals surface area (Å²) in [7, 11) is 0. The van der Waals surface area contributed by atoms with Crippen LogP contribution >= 0.6 is 23.2 Å². The van der Waals surface area contributed by atoms with Gasteiger partial charge in [0, 0.05) is 43.9 Å². The number of nitrogens with zero attached hydrogens (tertiary/aromatic N) is 4. The van der Waals surface area contributed by atoms with Gasteiger partial charge in [-0.1, -0.05) is 37.0 Å². The first-order valence-corrected chi connectivity index (χ1v) is 12.2. The first kappa shape index (κ1) is 24.6. The number of ether oxygens (including phenoxy) is 1. The average molecular weight is 502 g/mol. The molecule has 3 heterocycles. The summed E-state index contributed by atoms with van der Waals surface area (Å²) >= 11 is 12.2. The molecule has 1 fully saturated rings. The molecule has 0 saturated carbocycles. The Labute approximate surface area is 210 Å². The normalized spacial score (nSPS) is 17.4. The number of aromatic nitrogens is 1. The number of fused-ring (bicyclic) bond motifs is 1. The zero-order valence-corrected chi connectivity index (χ0v) is 21.4. The number of pyridine rings is 1. The number of amides is 2. The van der Waals surface area contributed by atoms with Gasteiger partial charge in [0.25, 0.3) is 0 Å². The summed E-state index contributed by atoms with van der Waals surface area (Å²) in [5.41, 5.74) is 3.79. The Kier molecular flexibility index (Phi) is 6.95. The highest BCUT2D eigenvalue weighted by atomic mass is 35.5. The number of anilines is 2. The number of benzene rings is 1. The van der Waals surface area contributed by atoms with Gasteiger partial charge in [0.1, 0.15) is 6.07 Å². The van der Waals surface area contributed by atoms with Crippen molar-refractivity contribution in [3.8, 4) is 6.07 Å². The molecule has 2 aliphatic heterocycles. The molecule has 1 N–H and O–H groups in total. The number of urea groups is 1. The largest absolute Gasteiger partial charge is 0.370 e. The van der Waals surface area contributed by atoms with Crippen molar-refractivity contribution < 1.29 is 9.53 Å². The number of carbonyl (C=O) groups is 1. The van der Waals surface area contributed by atoms with Crippen LogP contribution in [-0.2, 0) is 17.8 Å². The molecule has 0 unspecified atom stereocenters. The van der Waals surface area contributed by atoms with E-state index in [-0.39, 0.29) is 17.6 Å². The molecule has 0 radical (unpaired) electrons. The lowest BCUT2D eigenvalue weighted by Gasteiger charge is -2.36. The maximum atomic E-state index is 13.1. The lowest BCUT2D eigenvalue weighted by Crippen LogP contribution is -2.50. The van der Waals surface area contributed by atoms with Gasteiger partial charge in [-0.2, -0.15) is 5.26 Å². The number of hydrogen-bond donors (Lipinski definition) is 1.